The Labute approximate surface area is 128 Å². The normalized spacial score (nSPS) is 10.9. The van der Waals surface area contributed by atoms with Gasteiger partial charge < -0.3 is 10.6 Å². The van der Waals surface area contributed by atoms with E-state index in [-0.39, 0.29) is 24.7 Å². The molecule has 7 heteroatoms. The van der Waals surface area contributed by atoms with Crippen LogP contribution in [0.4, 0.5) is 18.9 Å². The Morgan fingerprint density at radius 3 is 2.33 bits per heavy atom. The summed E-state index contributed by atoms with van der Waals surface area (Å²) in [5.41, 5.74) is 1.21. The number of amides is 1. The summed E-state index contributed by atoms with van der Waals surface area (Å²) < 4.78 is 36.2. The van der Waals surface area contributed by atoms with Crippen LogP contribution in [0.25, 0.3) is 0 Å². The summed E-state index contributed by atoms with van der Waals surface area (Å²) in [4.78, 5) is 11.5. The average molecular weight is 325 g/mol. The molecule has 0 aliphatic carbocycles. The van der Waals surface area contributed by atoms with Crippen molar-refractivity contribution in [3.8, 4) is 0 Å². The maximum absolute atomic E-state index is 12.1. The lowest BCUT2D eigenvalue weighted by Gasteiger charge is -2.08. The molecule has 3 nitrogen and oxygen atoms in total. The summed E-state index contributed by atoms with van der Waals surface area (Å²) in [6.45, 7) is 0.768. The molecule has 0 unspecified atom stereocenters. The van der Waals surface area contributed by atoms with Gasteiger partial charge in [-0.1, -0.05) is 12.1 Å². The number of alkyl halides is 3. The van der Waals surface area contributed by atoms with Gasteiger partial charge in [-0.05, 0) is 44.1 Å². The van der Waals surface area contributed by atoms with Gasteiger partial charge in [0.15, 0.2) is 0 Å². The molecule has 2 N–H and O–H groups in total. The summed E-state index contributed by atoms with van der Waals surface area (Å²) >= 11 is 0. The number of hydrogen-bond donors (Lipinski definition) is 2. The van der Waals surface area contributed by atoms with E-state index in [2.05, 4.69) is 10.6 Å². The number of halogens is 4. The van der Waals surface area contributed by atoms with Crippen molar-refractivity contribution in [2.75, 3.05) is 18.9 Å². The molecule has 1 aromatic carbocycles. The summed E-state index contributed by atoms with van der Waals surface area (Å²) in [5.74, 6) is -0.0942. The van der Waals surface area contributed by atoms with E-state index in [0.29, 0.717) is 17.7 Å². The Morgan fingerprint density at radius 1 is 1.19 bits per heavy atom. The van der Waals surface area contributed by atoms with Crippen LogP contribution in [0.15, 0.2) is 24.3 Å². The molecule has 0 saturated carbocycles. The van der Waals surface area contributed by atoms with Gasteiger partial charge in [0.05, 0.1) is 0 Å². The van der Waals surface area contributed by atoms with Gasteiger partial charge in [0.1, 0.15) is 0 Å². The Bertz CT molecular complexity index is 421. The fourth-order valence-electron chi connectivity index (χ4n) is 1.69. The fraction of sp³-hybridized carbons (Fsp3) is 0.500. The molecule has 0 aromatic heterocycles. The summed E-state index contributed by atoms with van der Waals surface area (Å²) in [7, 11) is 1.82. The minimum atomic E-state index is -4.14. The lowest BCUT2D eigenvalue weighted by atomic mass is 10.1. The third kappa shape index (κ3) is 9.31. The largest absolute Gasteiger partial charge is 0.389 e. The molecule has 0 saturated heterocycles. The quantitative estimate of drug-likeness (QED) is 0.753. The minimum absolute atomic E-state index is 0. The van der Waals surface area contributed by atoms with Crippen LogP contribution in [0, 0.1) is 0 Å². The number of rotatable bonds is 7. The van der Waals surface area contributed by atoms with Crippen LogP contribution in [0.2, 0.25) is 0 Å². The first-order valence-electron chi connectivity index (χ1n) is 6.51. The third-order valence-corrected chi connectivity index (χ3v) is 2.77. The molecule has 0 heterocycles. The van der Waals surface area contributed by atoms with E-state index in [9.17, 15) is 18.0 Å². The first-order valence-corrected chi connectivity index (χ1v) is 6.51. The zero-order chi connectivity index (χ0) is 15.0. The van der Waals surface area contributed by atoms with E-state index in [1.807, 2.05) is 7.05 Å². The van der Waals surface area contributed by atoms with Crippen LogP contribution < -0.4 is 10.6 Å². The molecule has 0 radical (unpaired) electrons. The SMILES string of the molecule is CNCCCC(=O)Nc1ccc(CCC(F)(F)F)cc1.Cl. The Hall–Kier alpha value is -1.27. The van der Waals surface area contributed by atoms with Gasteiger partial charge in [-0.3, -0.25) is 4.79 Å². The van der Waals surface area contributed by atoms with Crippen molar-refractivity contribution in [1.82, 2.24) is 5.32 Å². The van der Waals surface area contributed by atoms with Crippen LogP contribution >= 0.6 is 12.4 Å². The zero-order valence-electron chi connectivity index (χ0n) is 11.8. The van der Waals surface area contributed by atoms with Gasteiger partial charge in [0.2, 0.25) is 5.91 Å². The van der Waals surface area contributed by atoms with Crippen molar-refractivity contribution >= 4 is 24.0 Å². The van der Waals surface area contributed by atoms with Crippen molar-refractivity contribution in [1.29, 1.82) is 0 Å². The number of carbonyl (C=O) groups excluding carboxylic acids is 1. The first-order chi connectivity index (χ1) is 9.40. The van der Waals surface area contributed by atoms with E-state index in [4.69, 9.17) is 0 Å². The Morgan fingerprint density at radius 2 is 1.81 bits per heavy atom. The molecular formula is C14H20ClF3N2O. The molecule has 1 amide bonds. The summed E-state index contributed by atoms with van der Waals surface area (Å²) in [5, 5.41) is 5.66. The third-order valence-electron chi connectivity index (χ3n) is 2.77. The van der Waals surface area contributed by atoms with Crippen molar-refractivity contribution < 1.29 is 18.0 Å². The second-order valence-corrected chi connectivity index (χ2v) is 4.57. The van der Waals surface area contributed by atoms with Crippen LogP contribution in [0.5, 0.6) is 0 Å². The molecule has 0 atom stereocenters. The summed E-state index contributed by atoms with van der Waals surface area (Å²) in [6, 6.07) is 6.47. The van der Waals surface area contributed by atoms with E-state index in [1.54, 1.807) is 24.3 Å². The predicted octanol–water partition coefficient (Wildman–Crippen LogP) is 3.54. The van der Waals surface area contributed by atoms with Gasteiger partial charge in [-0.25, -0.2) is 0 Å². The molecule has 120 valence electrons. The smallest absolute Gasteiger partial charge is 0.326 e. The van der Waals surface area contributed by atoms with E-state index >= 15 is 0 Å². The number of benzene rings is 1. The highest BCUT2D eigenvalue weighted by Gasteiger charge is 2.26. The monoisotopic (exact) mass is 324 g/mol. The number of aryl methyl sites for hydroxylation is 1. The van der Waals surface area contributed by atoms with E-state index in [1.165, 1.54) is 0 Å². The number of anilines is 1. The van der Waals surface area contributed by atoms with Crippen LogP contribution in [-0.4, -0.2) is 25.7 Å². The van der Waals surface area contributed by atoms with Gasteiger partial charge in [-0.15, -0.1) is 12.4 Å². The van der Waals surface area contributed by atoms with Gasteiger partial charge in [0.25, 0.3) is 0 Å². The van der Waals surface area contributed by atoms with Gasteiger partial charge >= 0.3 is 6.18 Å². The second kappa shape index (κ2) is 9.63. The standard InChI is InChI=1S/C14H19F3N2O.ClH/c1-18-10-2-3-13(20)19-12-6-4-11(5-7-12)8-9-14(15,16)17;/h4-7,18H,2-3,8-10H2,1H3,(H,19,20);1H. The molecule has 0 aliphatic rings. The molecule has 0 bridgehead atoms. The second-order valence-electron chi connectivity index (χ2n) is 4.57. The topological polar surface area (TPSA) is 41.1 Å². The molecular weight excluding hydrogens is 305 g/mol. The lowest BCUT2D eigenvalue weighted by Crippen LogP contribution is -2.15. The molecule has 1 rings (SSSR count). The lowest BCUT2D eigenvalue weighted by molar-refractivity contribution is -0.134. The van der Waals surface area contributed by atoms with Crippen molar-refractivity contribution in [3.63, 3.8) is 0 Å². The van der Waals surface area contributed by atoms with Crippen LogP contribution in [0.3, 0.4) is 0 Å². The molecule has 1 aromatic rings. The highest BCUT2D eigenvalue weighted by molar-refractivity contribution is 5.90. The Balaban J connectivity index is 0.00000400. The molecule has 0 aliphatic heterocycles. The first kappa shape index (κ1) is 19.7. The highest BCUT2D eigenvalue weighted by Crippen LogP contribution is 2.22. The fourth-order valence-corrected chi connectivity index (χ4v) is 1.69. The maximum atomic E-state index is 12.1. The highest BCUT2D eigenvalue weighted by atomic mass is 35.5. The molecule has 21 heavy (non-hydrogen) atoms. The summed E-state index contributed by atoms with van der Waals surface area (Å²) in [6.07, 6.45) is -3.86. The number of hydrogen-bond acceptors (Lipinski definition) is 2. The van der Waals surface area contributed by atoms with Crippen LogP contribution in [-0.2, 0) is 11.2 Å². The zero-order valence-corrected chi connectivity index (χ0v) is 12.6. The van der Waals surface area contributed by atoms with Crippen molar-refractivity contribution in [2.24, 2.45) is 0 Å². The number of nitrogens with one attached hydrogen (secondary N) is 2. The van der Waals surface area contributed by atoms with Crippen molar-refractivity contribution in [3.05, 3.63) is 29.8 Å². The van der Waals surface area contributed by atoms with Gasteiger partial charge in [-0.2, -0.15) is 13.2 Å². The van der Waals surface area contributed by atoms with E-state index in [0.717, 1.165) is 13.0 Å². The maximum Gasteiger partial charge on any atom is 0.389 e. The Kier molecular flexibility index (Phi) is 9.05. The van der Waals surface area contributed by atoms with E-state index < -0.39 is 12.6 Å². The minimum Gasteiger partial charge on any atom is -0.326 e. The van der Waals surface area contributed by atoms with Crippen LogP contribution in [0.1, 0.15) is 24.8 Å². The predicted molar refractivity (Wildman–Crippen MR) is 79.9 cm³/mol. The van der Waals surface area contributed by atoms with Gasteiger partial charge in [0, 0.05) is 18.5 Å². The molecule has 0 fully saturated rings. The van der Waals surface area contributed by atoms with Crippen molar-refractivity contribution in [2.45, 2.75) is 31.9 Å². The molecule has 0 spiro atoms. The number of carbonyl (C=O) groups is 1. The average Bonchev–Trinajstić information content (AvgIpc) is 2.37.